The fraction of sp³-hybridized carbons (Fsp3) is 0.471. The second kappa shape index (κ2) is 7.48. The number of ether oxygens (including phenoxy) is 2. The van der Waals surface area contributed by atoms with Crippen molar-refractivity contribution in [1.82, 2.24) is 14.7 Å². The Hall–Kier alpha value is -2.05. The molecule has 2 aromatic rings. The molecule has 1 aliphatic heterocycles. The second-order valence-corrected chi connectivity index (χ2v) is 5.73. The molecule has 0 unspecified atom stereocenters. The predicted molar refractivity (Wildman–Crippen MR) is 89.6 cm³/mol. The highest BCUT2D eigenvalue weighted by Gasteiger charge is 2.14. The van der Waals surface area contributed by atoms with Crippen LogP contribution in [0.2, 0.25) is 0 Å². The molecule has 0 atom stereocenters. The van der Waals surface area contributed by atoms with Crippen LogP contribution in [-0.4, -0.2) is 48.1 Å². The van der Waals surface area contributed by atoms with Crippen molar-refractivity contribution >= 4 is 5.82 Å². The number of hydrogen-bond donors (Lipinski definition) is 1. The van der Waals surface area contributed by atoms with Gasteiger partial charge in [-0.3, -0.25) is 9.58 Å². The summed E-state index contributed by atoms with van der Waals surface area (Å²) in [5.74, 6) is 1.95. The van der Waals surface area contributed by atoms with Gasteiger partial charge in [0, 0.05) is 44.9 Å². The number of aryl methyl sites for hydroxylation is 1. The first-order valence-corrected chi connectivity index (χ1v) is 7.94. The van der Waals surface area contributed by atoms with Gasteiger partial charge in [0.2, 0.25) is 0 Å². The second-order valence-electron chi connectivity index (χ2n) is 5.73. The Bertz CT molecular complexity index is 635. The fourth-order valence-corrected chi connectivity index (χ4v) is 2.81. The molecule has 2 heterocycles. The van der Waals surface area contributed by atoms with Gasteiger partial charge in [-0.25, -0.2) is 0 Å². The summed E-state index contributed by atoms with van der Waals surface area (Å²) in [6, 6.07) is 8.34. The zero-order chi connectivity index (χ0) is 16.1. The molecule has 1 N–H and O–H groups in total. The van der Waals surface area contributed by atoms with Gasteiger partial charge in [0.05, 0.1) is 26.5 Å². The molecule has 1 aliphatic rings. The summed E-state index contributed by atoms with van der Waals surface area (Å²) in [6.45, 7) is 5.22. The Morgan fingerprint density at radius 3 is 2.78 bits per heavy atom. The molecule has 6 heteroatoms. The minimum Gasteiger partial charge on any atom is -0.496 e. The molecule has 0 spiro atoms. The highest BCUT2D eigenvalue weighted by Crippen LogP contribution is 2.22. The molecule has 6 nitrogen and oxygen atoms in total. The highest BCUT2D eigenvalue weighted by atomic mass is 16.5. The number of benzene rings is 1. The number of rotatable bonds is 6. The maximum Gasteiger partial charge on any atom is 0.124 e. The van der Waals surface area contributed by atoms with Crippen molar-refractivity contribution in [3.05, 3.63) is 41.6 Å². The quantitative estimate of drug-likeness (QED) is 0.882. The van der Waals surface area contributed by atoms with E-state index < -0.39 is 0 Å². The van der Waals surface area contributed by atoms with E-state index in [0.717, 1.165) is 51.0 Å². The van der Waals surface area contributed by atoms with Crippen LogP contribution in [0, 0.1) is 0 Å². The first kappa shape index (κ1) is 15.8. The molecule has 1 saturated heterocycles. The zero-order valence-electron chi connectivity index (χ0n) is 13.8. The third-order valence-electron chi connectivity index (χ3n) is 4.14. The lowest BCUT2D eigenvalue weighted by Gasteiger charge is -2.27. The largest absolute Gasteiger partial charge is 0.496 e. The van der Waals surface area contributed by atoms with E-state index in [0.29, 0.717) is 0 Å². The molecule has 0 amide bonds. The SMILES string of the molecule is COc1ccc(CNc2ccnn2C)cc1CN1CCOCC1. The molecule has 0 radical (unpaired) electrons. The summed E-state index contributed by atoms with van der Waals surface area (Å²) < 4.78 is 12.8. The third kappa shape index (κ3) is 4.03. The normalized spacial score (nSPS) is 15.6. The Morgan fingerprint density at radius 1 is 1.26 bits per heavy atom. The van der Waals surface area contributed by atoms with Crippen LogP contribution in [0.5, 0.6) is 5.75 Å². The number of hydrogen-bond acceptors (Lipinski definition) is 5. The van der Waals surface area contributed by atoms with Crippen LogP contribution in [-0.2, 0) is 24.9 Å². The van der Waals surface area contributed by atoms with E-state index in [2.05, 4.69) is 33.5 Å². The van der Waals surface area contributed by atoms with Crippen LogP contribution in [0.15, 0.2) is 30.5 Å². The van der Waals surface area contributed by atoms with Crippen molar-refractivity contribution in [2.75, 3.05) is 38.7 Å². The standard InChI is InChI=1S/C17H24N4O2/c1-20-17(5-6-19-20)18-12-14-3-4-16(22-2)15(11-14)13-21-7-9-23-10-8-21/h3-6,11,18H,7-10,12-13H2,1-2H3. The van der Waals surface area contributed by atoms with Crippen molar-refractivity contribution in [3.8, 4) is 5.75 Å². The van der Waals surface area contributed by atoms with E-state index in [9.17, 15) is 0 Å². The van der Waals surface area contributed by atoms with E-state index in [1.54, 1.807) is 13.3 Å². The molecule has 0 aliphatic carbocycles. The predicted octanol–water partition coefficient (Wildman–Crippen LogP) is 1.87. The minimum absolute atomic E-state index is 0.764. The fourth-order valence-electron chi connectivity index (χ4n) is 2.81. The zero-order valence-corrected chi connectivity index (χ0v) is 13.8. The maximum atomic E-state index is 5.52. The molecule has 1 fully saturated rings. The number of nitrogens with one attached hydrogen (secondary N) is 1. The lowest BCUT2D eigenvalue weighted by molar-refractivity contribution is 0.0339. The van der Waals surface area contributed by atoms with Gasteiger partial charge in [-0.05, 0) is 17.7 Å². The monoisotopic (exact) mass is 316 g/mol. The molecule has 1 aromatic heterocycles. The van der Waals surface area contributed by atoms with Crippen LogP contribution >= 0.6 is 0 Å². The van der Waals surface area contributed by atoms with E-state index in [4.69, 9.17) is 9.47 Å². The Kier molecular flexibility index (Phi) is 5.15. The van der Waals surface area contributed by atoms with E-state index in [-0.39, 0.29) is 0 Å². The molecule has 0 bridgehead atoms. The van der Waals surface area contributed by atoms with Gasteiger partial charge in [-0.2, -0.15) is 5.10 Å². The van der Waals surface area contributed by atoms with Crippen molar-refractivity contribution < 1.29 is 9.47 Å². The summed E-state index contributed by atoms with van der Waals surface area (Å²) in [5.41, 5.74) is 2.45. The maximum absolute atomic E-state index is 5.52. The number of aromatic nitrogens is 2. The summed E-state index contributed by atoms with van der Waals surface area (Å²) in [4.78, 5) is 2.40. The summed E-state index contributed by atoms with van der Waals surface area (Å²) in [6.07, 6.45) is 1.79. The smallest absolute Gasteiger partial charge is 0.124 e. The first-order valence-electron chi connectivity index (χ1n) is 7.94. The van der Waals surface area contributed by atoms with Crippen LogP contribution in [0.4, 0.5) is 5.82 Å². The van der Waals surface area contributed by atoms with Gasteiger partial charge in [0.1, 0.15) is 11.6 Å². The van der Waals surface area contributed by atoms with E-state index >= 15 is 0 Å². The van der Waals surface area contributed by atoms with Crippen LogP contribution < -0.4 is 10.1 Å². The highest BCUT2D eigenvalue weighted by molar-refractivity contribution is 5.40. The van der Waals surface area contributed by atoms with Crippen molar-refractivity contribution in [1.29, 1.82) is 0 Å². The van der Waals surface area contributed by atoms with Gasteiger partial charge in [0.25, 0.3) is 0 Å². The van der Waals surface area contributed by atoms with Crippen molar-refractivity contribution in [2.45, 2.75) is 13.1 Å². The van der Waals surface area contributed by atoms with Crippen LogP contribution in [0.3, 0.4) is 0 Å². The van der Waals surface area contributed by atoms with Crippen molar-refractivity contribution in [3.63, 3.8) is 0 Å². The molecular formula is C17H24N4O2. The lowest BCUT2D eigenvalue weighted by Crippen LogP contribution is -2.35. The molecule has 124 valence electrons. The molecule has 3 rings (SSSR count). The molecule has 0 saturated carbocycles. The topological polar surface area (TPSA) is 51.5 Å². The van der Waals surface area contributed by atoms with E-state index in [1.807, 2.05) is 17.8 Å². The van der Waals surface area contributed by atoms with Gasteiger partial charge in [0.15, 0.2) is 0 Å². The van der Waals surface area contributed by atoms with Gasteiger partial charge >= 0.3 is 0 Å². The Balaban J connectivity index is 1.69. The van der Waals surface area contributed by atoms with Gasteiger partial charge < -0.3 is 14.8 Å². The number of morpholine rings is 1. The number of nitrogens with zero attached hydrogens (tertiary/aromatic N) is 3. The summed E-state index contributed by atoms with van der Waals surface area (Å²) >= 11 is 0. The molecular weight excluding hydrogens is 292 g/mol. The lowest BCUT2D eigenvalue weighted by atomic mass is 10.1. The number of anilines is 1. The summed E-state index contributed by atoms with van der Waals surface area (Å²) in [5, 5.41) is 7.57. The van der Waals surface area contributed by atoms with Gasteiger partial charge in [-0.15, -0.1) is 0 Å². The van der Waals surface area contributed by atoms with Crippen LogP contribution in [0.25, 0.3) is 0 Å². The Morgan fingerprint density at radius 2 is 2.09 bits per heavy atom. The summed E-state index contributed by atoms with van der Waals surface area (Å²) in [7, 11) is 3.66. The first-order chi connectivity index (χ1) is 11.3. The van der Waals surface area contributed by atoms with Crippen LogP contribution in [0.1, 0.15) is 11.1 Å². The van der Waals surface area contributed by atoms with Crippen molar-refractivity contribution in [2.24, 2.45) is 7.05 Å². The van der Waals surface area contributed by atoms with E-state index in [1.165, 1.54) is 11.1 Å². The molecule has 1 aromatic carbocycles. The average Bonchev–Trinajstić information content (AvgIpc) is 2.99. The Labute approximate surface area is 137 Å². The van der Waals surface area contributed by atoms with Gasteiger partial charge in [-0.1, -0.05) is 6.07 Å². The third-order valence-corrected chi connectivity index (χ3v) is 4.14. The number of methoxy groups -OCH3 is 1. The average molecular weight is 316 g/mol. The minimum atomic E-state index is 0.764. The molecule has 23 heavy (non-hydrogen) atoms.